The maximum Gasteiger partial charge on any atom is 0.417 e. The number of benzene rings is 2. The van der Waals surface area contributed by atoms with E-state index in [9.17, 15) is 13.2 Å². The van der Waals surface area contributed by atoms with E-state index in [2.05, 4.69) is 22.1 Å². The summed E-state index contributed by atoms with van der Waals surface area (Å²) in [5.74, 6) is 1.17. The number of alkyl halides is 3. The number of ether oxygens (including phenoxy) is 2. The van der Waals surface area contributed by atoms with Gasteiger partial charge in [0.15, 0.2) is 11.5 Å². The van der Waals surface area contributed by atoms with E-state index in [0.29, 0.717) is 33.5 Å². The molecule has 3 aromatic rings. The Morgan fingerprint density at radius 2 is 1.91 bits per heavy atom. The predicted octanol–water partition coefficient (Wildman–Crippen LogP) is 7.17. The fourth-order valence-corrected chi connectivity index (χ4v) is 3.43. The fraction of sp³-hybridized carbons (Fsp3) is 0.167. The van der Waals surface area contributed by atoms with E-state index >= 15 is 0 Å². The van der Waals surface area contributed by atoms with Crippen LogP contribution in [-0.4, -0.2) is 18.3 Å². The van der Waals surface area contributed by atoms with E-state index in [1.54, 1.807) is 30.3 Å². The maximum absolute atomic E-state index is 12.7. The summed E-state index contributed by atoms with van der Waals surface area (Å²) >= 11 is 12.2. The average molecular weight is 510 g/mol. The van der Waals surface area contributed by atoms with Crippen molar-refractivity contribution >= 4 is 35.2 Å². The van der Waals surface area contributed by atoms with Crippen LogP contribution in [0.2, 0.25) is 10.0 Å². The minimum Gasteiger partial charge on any atom is -0.493 e. The summed E-state index contributed by atoms with van der Waals surface area (Å²) in [7, 11) is 1.51. The Bertz CT molecular complexity index is 1180. The molecule has 1 aromatic heterocycles. The Morgan fingerprint density at radius 3 is 2.53 bits per heavy atom. The topological polar surface area (TPSA) is 55.7 Å². The van der Waals surface area contributed by atoms with Crippen LogP contribution in [0.4, 0.5) is 19.0 Å². The summed E-state index contributed by atoms with van der Waals surface area (Å²) in [6.45, 7) is 3.98. The molecule has 178 valence electrons. The van der Waals surface area contributed by atoms with Crippen molar-refractivity contribution in [3.8, 4) is 11.5 Å². The second-order valence-corrected chi connectivity index (χ2v) is 7.87. The van der Waals surface area contributed by atoms with Crippen LogP contribution in [-0.2, 0) is 19.2 Å². The molecule has 2 aromatic carbocycles. The van der Waals surface area contributed by atoms with E-state index in [1.165, 1.54) is 19.4 Å². The van der Waals surface area contributed by atoms with Gasteiger partial charge in [0.2, 0.25) is 0 Å². The molecule has 10 heteroatoms. The SMILES string of the molecule is C=CCc1cc(/C=N\Nc2ccc(C(F)(F)F)cn2)cc(OC)c1OCc1ccc(Cl)cc1Cl. The van der Waals surface area contributed by atoms with Crippen LogP contribution in [0.15, 0.2) is 66.4 Å². The molecule has 0 aliphatic carbocycles. The molecule has 0 amide bonds. The monoisotopic (exact) mass is 509 g/mol. The second kappa shape index (κ2) is 11.3. The van der Waals surface area contributed by atoms with Gasteiger partial charge in [-0.05, 0) is 48.4 Å². The third kappa shape index (κ3) is 6.65. The smallest absolute Gasteiger partial charge is 0.417 e. The van der Waals surface area contributed by atoms with Gasteiger partial charge in [-0.2, -0.15) is 18.3 Å². The van der Waals surface area contributed by atoms with E-state index < -0.39 is 11.7 Å². The van der Waals surface area contributed by atoms with Gasteiger partial charge in [-0.15, -0.1) is 6.58 Å². The number of allylic oxidation sites excluding steroid dienone is 1. The molecule has 0 bridgehead atoms. The summed E-state index contributed by atoms with van der Waals surface area (Å²) in [5.41, 5.74) is 4.00. The molecule has 0 aliphatic rings. The Hall–Kier alpha value is -3.23. The maximum atomic E-state index is 12.7. The van der Waals surface area contributed by atoms with Gasteiger partial charge in [0, 0.05) is 27.4 Å². The van der Waals surface area contributed by atoms with Gasteiger partial charge < -0.3 is 9.47 Å². The highest BCUT2D eigenvalue weighted by atomic mass is 35.5. The summed E-state index contributed by atoms with van der Waals surface area (Å²) < 4.78 is 49.5. The Balaban J connectivity index is 1.78. The van der Waals surface area contributed by atoms with Crippen molar-refractivity contribution in [2.45, 2.75) is 19.2 Å². The highest BCUT2D eigenvalue weighted by Crippen LogP contribution is 2.35. The Labute approximate surface area is 204 Å². The van der Waals surface area contributed by atoms with Crippen molar-refractivity contribution in [2.75, 3.05) is 12.5 Å². The molecule has 1 heterocycles. The van der Waals surface area contributed by atoms with Gasteiger partial charge >= 0.3 is 6.18 Å². The third-order valence-corrected chi connectivity index (χ3v) is 5.20. The van der Waals surface area contributed by atoms with Crippen molar-refractivity contribution in [1.82, 2.24) is 4.98 Å². The van der Waals surface area contributed by atoms with Crippen molar-refractivity contribution in [3.63, 3.8) is 0 Å². The van der Waals surface area contributed by atoms with E-state index in [1.807, 2.05) is 6.07 Å². The molecule has 34 heavy (non-hydrogen) atoms. The molecule has 0 aliphatic heterocycles. The van der Waals surface area contributed by atoms with Crippen LogP contribution >= 0.6 is 23.2 Å². The van der Waals surface area contributed by atoms with Crippen LogP contribution in [0.3, 0.4) is 0 Å². The number of nitrogens with one attached hydrogen (secondary N) is 1. The van der Waals surface area contributed by atoms with Crippen LogP contribution in [0.5, 0.6) is 11.5 Å². The van der Waals surface area contributed by atoms with Gasteiger partial charge in [0.05, 0.1) is 18.9 Å². The number of aromatic nitrogens is 1. The quantitative estimate of drug-likeness (QED) is 0.188. The van der Waals surface area contributed by atoms with Gasteiger partial charge in [-0.1, -0.05) is 35.3 Å². The standard InChI is InChI=1S/C24H20Cl2F3N3O2/c1-3-4-16-9-15(12-31-32-22-8-6-18(13-30-22)24(27,28)29)10-21(33-2)23(16)34-14-17-5-7-19(25)11-20(17)26/h3,5-13H,1,4,14H2,2H3,(H,30,32)/b31-12-. The van der Waals surface area contributed by atoms with Crippen LogP contribution in [0.1, 0.15) is 22.3 Å². The summed E-state index contributed by atoms with van der Waals surface area (Å²) in [6, 6.07) is 10.8. The molecule has 0 atom stereocenters. The number of hydrogen-bond acceptors (Lipinski definition) is 5. The number of hydrogen-bond donors (Lipinski definition) is 1. The van der Waals surface area contributed by atoms with Gasteiger partial charge in [0.1, 0.15) is 12.4 Å². The number of hydrazone groups is 1. The number of halogens is 5. The number of rotatable bonds is 9. The lowest BCUT2D eigenvalue weighted by Gasteiger charge is -2.16. The Morgan fingerprint density at radius 1 is 1.12 bits per heavy atom. The van der Waals surface area contributed by atoms with Crippen molar-refractivity contribution in [3.05, 3.63) is 93.6 Å². The first-order chi connectivity index (χ1) is 16.2. The lowest BCUT2D eigenvalue weighted by Crippen LogP contribution is -2.05. The first-order valence-corrected chi connectivity index (χ1v) is 10.7. The number of pyridine rings is 1. The normalized spacial score (nSPS) is 11.5. The zero-order chi connectivity index (χ0) is 24.7. The third-order valence-electron chi connectivity index (χ3n) is 4.61. The van der Waals surface area contributed by atoms with Crippen LogP contribution in [0, 0.1) is 0 Å². The largest absolute Gasteiger partial charge is 0.493 e. The lowest BCUT2D eigenvalue weighted by molar-refractivity contribution is -0.137. The molecule has 1 N–H and O–H groups in total. The zero-order valence-corrected chi connectivity index (χ0v) is 19.5. The molecule has 0 spiro atoms. The average Bonchev–Trinajstić information content (AvgIpc) is 2.79. The van der Waals surface area contributed by atoms with Crippen molar-refractivity contribution < 1.29 is 22.6 Å². The summed E-state index contributed by atoms with van der Waals surface area (Å²) in [6.07, 6.45) is 0.00384. The van der Waals surface area contributed by atoms with E-state index in [0.717, 1.165) is 23.4 Å². The summed E-state index contributed by atoms with van der Waals surface area (Å²) in [5, 5.41) is 5.07. The van der Waals surface area contributed by atoms with Gasteiger partial charge in [0.25, 0.3) is 0 Å². The van der Waals surface area contributed by atoms with Gasteiger partial charge in [-0.3, -0.25) is 5.43 Å². The highest BCUT2D eigenvalue weighted by molar-refractivity contribution is 6.35. The molecule has 0 saturated heterocycles. The first kappa shape index (κ1) is 25.4. The Kier molecular flexibility index (Phi) is 8.41. The van der Waals surface area contributed by atoms with Crippen molar-refractivity contribution in [2.24, 2.45) is 5.10 Å². The molecule has 5 nitrogen and oxygen atoms in total. The minimum absolute atomic E-state index is 0.169. The molecule has 0 unspecified atom stereocenters. The zero-order valence-electron chi connectivity index (χ0n) is 18.0. The molecule has 0 fully saturated rings. The van der Waals surface area contributed by atoms with E-state index in [4.69, 9.17) is 32.7 Å². The molecule has 0 radical (unpaired) electrons. The number of nitrogens with zero attached hydrogens (tertiary/aromatic N) is 2. The molecule has 0 saturated carbocycles. The molecular weight excluding hydrogens is 490 g/mol. The highest BCUT2D eigenvalue weighted by Gasteiger charge is 2.30. The molecular formula is C24H20Cl2F3N3O2. The van der Waals surface area contributed by atoms with Crippen molar-refractivity contribution in [1.29, 1.82) is 0 Å². The number of anilines is 1. The minimum atomic E-state index is -4.45. The van der Waals surface area contributed by atoms with Crippen LogP contribution in [0.25, 0.3) is 0 Å². The van der Waals surface area contributed by atoms with Gasteiger partial charge in [-0.25, -0.2) is 4.98 Å². The second-order valence-electron chi connectivity index (χ2n) is 7.03. The fourth-order valence-electron chi connectivity index (χ4n) is 2.97. The van der Waals surface area contributed by atoms with Crippen LogP contribution < -0.4 is 14.9 Å². The molecule has 3 rings (SSSR count). The number of methoxy groups -OCH3 is 1. The first-order valence-electron chi connectivity index (χ1n) is 9.92. The lowest BCUT2D eigenvalue weighted by atomic mass is 10.1. The van der Waals surface area contributed by atoms with E-state index in [-0.39, 0.29) is 12.4 Å². The predicted molar refractivity (Wildman–Crippen MR) is 128 cm³/mol. The summed E-state index contributed by atoms with van der Waals surface area (Å²) in [4.78, 5) is 3.71.